The van der Waals surface area contributed by atoms with Crippen LogP contribution in [0, 0.1) is 22.7 Å². The smallest absolute Gasteiger partial charge is 0.0131 e. The molecule has 3 aliphatic rings. The third kappa shape index (κ3) is 2.47. The highest BCUT2D eigenvalue weighted by molar-refractivity contribution is 5.13. The highest BCUT2D eigenvalue weighted by Gasteiger charge is 2.61. The van der Waals surface area contributed by atoms with Gasteiger partial charge < -0.3 is 10.2 Å². The highest BCUT2D eigenvalue weighted by Crippen LogP contribution is 2.65. The summed E-state index contributed by atoms with van der Waals surface area (Å²) >= 11 is 0. The number of hydrogen-bond acceptors (Lipinski definition) is 2. The minimum atomic E-state index is 0.519. The fourth-order valence-corrected chi connectivity index (χ4v) is 5.70. The van der Waals surface area contributed by atoms with E-state index in [0.29, 0.717) is 16.9 Å². The molecule has 2 nitrogen and oxygen atoms in total. The molecule has 2 saturated carbocycles. The van der Waals surface area contributed by atoms with Gasteiger partial charge in [-0.15, -0.1) is 0 Å². The van der Waals surface area contributed by atoms with E-state index in [2.05, 4.69) is 44.8 Å². The predicted molar refractivity (Wildman–Crippen MR) is 90.5 cm³/mol. The molecule has 3 rings (SSSR count). The van der Waals surface area contributed by atoms with E-state index in [1.54, 1.807) is 0 Å². The number of piperidine rings is 1. The second-order valence-corrected chi connectivity index (χ2v) is 8.91. The summed E-state index contributed by atoms with van der Waals surface area (Å²) in [5.74, 6) is 1.80. The van der Waals surface area contributed by atoms with Crippen LogP contribution >= 0.6 is 0 Å². The van der Waals surface area contributed by atoms with E-state index >= 15 is 0 Å². The first-order chi connectivity index (χ1) is 9.88. The average molecular weight is 293 g/mol. The summed E-state index contributed by atoms with van der Waals surface area (Å²) in [4.78, 5) is 2.64. The lowest BCUT2D eigenvalue weighted by molar-refractivity contribution is 0.0976. The summed E-state index contributed by atoms with van der Waals surface area (Å²) < 4.78 is 0. The minimum Gasteiger partial charge on any atom is -0.311 e. The maximum absolute atomic E-state index is 4.09. The number of hydrogen-bond donors (Lipinski definition) is 1. The van der Waals surface area contributed by atoms with Crippen molar-refractivity contribution in [3.63, 3.8) is 0 Å². The van der Waals surface area contributed by atoms with Crippen molar-refractivity contribution >= 4 is 0 Å². The lowest BCUT2D eigenvalue weighted by Crippen LogP contribution is -2.52. The Morgan fingerprint density at radius 1 is 1.24 bits per heavy atom. The Kier molecular flexibility index (Phi) is 4.16. The van der Waals surface area contributed by atoms with Gasteiger partial charge in [-0.3, -0.25) is 0 Å². The fraction of sp³-hybridized carbons (Fsp3) is 1.00. The Hall–Kier alpha value is -0.0800. The molecule has 1 heterocycles. The average Bonchev–Trinajstić information content (AvgIpc) is 2.80. The molecule has 21 heavy (non-hydrogen) atoms. The largest absolute Gasteiger partial charge is 0.311 e. The molecule has 0 spiro atoms. The topological polar surface area (TPSA) is 15.3 Å². The van der Waals surface area contributed by atoms with Crippen molar-refractivity contribution in [1.82, 2.24) is 10.2 Å². The molecule has 3 fully saturated rings. The summed E-state index contributed by atoms with van der Waals surface area (Å²) in [6, 6.07) is 1.43. The van der Waals surface area contributed by atoms with E-state index in [9.17, 15) is 0 Å². The lowest BCUT2D eigenvalue weighted by Gasteiger charge is -2.43. The van der Waals surface area contributed by atoms with Crippen LogP contribution in [-0.4, -0.2) is 36.6 Å². The molecule has 1 saturated heterocycles. The van der Waals surface area contributed by atoms with Crippen LogP contribution < -0.4 is 5.32 Å². The number of rotatable bonds is 4. The zero-order valence-electron chi connectivity index (χ0n) is 14.9. The molecular formula is C19H36N2. The second-order valence-electron chi connectivity index (χ2n) is 8.91. The first-order valence-corrected chi connectivity index (χ1v) is 9.37. The van der Waals surface area contributed by atoms with Gasteiger partial charge in [0, 0.05) is 18.6 Å². The van der Waals surface area contributed by atoms with Gasteiger partial charge in [-0.2, -0.15) is 0 Å². The molecule has 2 aliphatic carbocycles. The van der Waals surface area contributed by atoms with Gasteiger partial charge in [0.1, 0.15) is 0 Å². The van der Waals surface area contributed by atoms with Crippen molar-refractivity contribution in [1.29, 1.82) is 0 Å². The molecule has 0 aromatic carbocycles. The van der Waals surface area contributed by atoms with Gasteiger partial charge in [-0.1, -0.05) is 27.7 Å². The van der Waals surface area contributed by atoms with Gasteiger partial charge in [0.25, 0.3) is 0 Å². The second kappa shape index (κ2) is 5.53. The number of nitrogens with one attached hydrogen (secondary N) is 1. The molecule has 2 heteroatoms. The van der Waals surface area contributed by atoms with Gasteiger partial charge in [-0.25, -0.2) is 0 Å². The lowest BCUT2D eigenvalue weighted by atomic mass is 9.69. The van der Waals surface area contributed by atoms with E-state index in [1.807, 2.05) is 0 Å². The van der Waals surface area contributed by atoms with Crippen molar-refractivity contribution in [2.24, 2.45) is 22.7 Å². The van der Waals surface area contributed by atoms with E-state index < -0.39 is 0 Å². The van der Waals surface area contributed by atoms with Crippen LogP contribution in [0.25, 0.3) is 0 Å². The van der Waals surface area contributed by atoms with E-state index in [-0.39, 0.29) is 0 Å². The summed E-state index contributed by atoms with van der Waals surface area (Å²) in [5, 5.41) is 4.09. The van der Waals surface area contributed by atoms with Crippen LogP contribution in [0.5, 0.6) is 0 Å². The number of nitrogens with zero attached hydrogens (tertiary/aromatic N) is 1. The van der Waals surface area contributed by atoms with Crippen molar-refractivity contribution in [3.05, 3.63) is 0 Å². The first kappa shape index (κ1) is 15.8. The standard InChI is InChI=1S/C19H36N2/c1-6-21-11-7-8-15(13-21)14(2)20-17-12-16-9-10-19(17,5)18(16,3)4/h14-17,20H,6-13H2,1-5H3. The quantitative estimate of drug-likeness (QED) is 0.845. The van der Waals surface area contributed by atoms with Gasteiger partial charge in [0.15, 0.2) is 0 Å². The van der Waals surface area contributed by atoms with Crippen LogP contribution in [0.3, 0.4) is 0 Å². The fourth-order valence-electron chi connectivity index (χ4n) is 5.70. The zero-order chi connectivity index (χ0) is 15.3. The molecule has 122 valence electrons. The summed E-state index contributed by atoms with van der Waals surface area (Å²) in [6.07, 6.45) is 7.11. The van der Waals surface area contributed by atoms with Crippen molar-refractivity contribution in [2.45, 2.75) is 78.8 Å². The van der Waals surface area contributed by atoms with E-state index in [4.69, 9.17) is 0 Å². The molecule has 0 aromatic rings. The van der Waals surface area contributed by atoms with Gasteiger partial charge in [0.05, 0.1) is 0 Å². The van der Waals surface area contributed by atoms with Gasteiger partial charge >= 0.3 is 0 Å². The first-order valence-electron chi connectivity index (χ1n) is 9.37. The maximum Gasteiger partial charge on any atom is 0.0131 e. The summed E-state index contributed by atoms with van der Waals surface area (Å²) in [5.41, 5.74) is 1.05. The summed E-state index contributed by atoms with van der Waals surface area (Å²) in [7, 11) is 0. The molecule has 0 radical (unpaired) electrons. The molecule has 1 aliphatic heterocycles. The molecule has 2 bridgehead atoms. The third-order valence-electron chi connectivity index (χ3n) is 7.95. The Morgan fingerprint density at radius 3 is 2.57 bits per heavy atom. The van der Waals surface area contributed by atoms with Crippen LogP contribution in [0.4, 0.5) is 0 Å². The van der Waals surface area contributed by atoms with Crippen LogP contribution in [0.15, 0.2) is 0 Å². The van der Waals surface area contributed by atoms with Crippen LogP contribution in [0.2, 0.25) is 0 Å². The van der Waals surface area contributed by atoms with Gasteiger partial charge in [0.2, 0.25) is 0 Å². The Morgan fingerprint density at radius 2 is 2.00 bits per heavy atom. The van der Waals surface area contributed by atoms with E-state index in [0.717, 1.165) is 17.9 Å². The van der Waals surface area contributed by atoms with Crippen molar-refractivity contribution in [2.75, 3.05) is 19.6 Å². The number of likely N-dealkylation sites (tertiary alicyclic amines) is 1. The molecule has 0 amide bonds. The van der Waals surface area contributed by atoms with E-state index in [1.165, 1.54) is 51.7 Å². The highest BCUT2D eigenvalue weighted by atomic mass is 15.1. The molecule has 1 N–H and O–H groups in total. The Labute approximate surface area is 132 Å². The number of fused-ring (bicyclic) bond motifs is 2. The zero-order valence-corrected chi connectivity index (χ0v) is 14.9. The molecule has 5 atom stereocenters. The Balaban J connectivity index is 1.62. The van der Waals surface area contributed by atoms with Crippen molar-refractivity contribution in [3.8, 4) is 0 Å². The molecule has 0 aromatic heterocycles. The minimum absolute atomic E-state index is 0.519. The predicted octanol–water partition coefficient (Wildman–Crippen LogP) is 3.91. The van der Waals surface area contributed by atoms with Crippen molar-refractivity contribution < 1.29 is 0 Å². The third-order valence-corrected chi connectivity index (χ3v) is 7.95. The van der Waals surface area contributed by atoms with Gasteiger partial charge in [-0.05, 0) is 74.8 Å². The SMILES string of the molecule is CCN1CCCC(C(C)NC2CC3CCC2(C)C3(C)C)C1. The monoisotopic (exact) mass is 292 g/mol. The van der Waals surface area contributed by atoms with Crippen LogP contribution in [-0.2, 0) is 0 Å². The Bertz CT molecular complexity index is 378. The normalized spacial score (nSPS) is 44.1. The summed E-state index contributed by atoms with van der Waals surface area (Å²) in [6.45, 7) is 16.2. The van der Waals surface area contributed by atoms with Crippen LogP contribution in [0.1, 0.15) is 66.7 Å². The molecule has 5 unspecified atom stereocenters. The molecular weight excluding hydrogens is 256 g/mol. The maximum atomic E-state index is 4.09.